The maximum Gasteiger partial charge on any atom is 0.254 e. The molecule has 5 heteroatoms. The quantitative estimate of drug-likeness (QED) is 0.897. The van der Waals surface area contributed by atoms with Gasteiger partial charge in [-0.25, -0.2) is 9.97 Å². The van der Waals surface area contributed by atoms with Crippen LogP contribution in [0.5, 0.6) is 0 Å². The lowest BCUT2D eigenvalue weighted by Crippen LogP contribution is -2.29. The van der Waals surface area contributed by atoms with Crippen LogP contribution in [0.4, 0.5) is 0 Å². The minimum Gasteiger partial charge on any atom is -0.381 e. The minimum atomic E-state index is -0.0765. The van der Waals surface area contributed by atoms with Gasteiger partial charge in [-0.15, -0.1) is 0 Å². The highest BCUT2D eigenvalue weighted by Crippen LogP contribution is 2.16. The van der Waals surface area contributed by atoms with Gasteiger partial charge in [-0.2, -0.15) is 0 Å². The summed E-state index contributed by atoms with van der Waals surface area (Å²) in [7, 11) is 0. The third-order valence-electron chi connectivity index (χ3n) is 3.55. The fourth-order valence-corrected chi connectivity index (χ4v) is 2.43. The van der Waals surface area contributed by atoms with E-state index in [1.165, 1.54) is 12.7 Å². The molecule has 0 aliphatic carbocycles. The molecule has 1 aliphatic rings. The number of hydrogen-bond acceptors (Lipinski definition) is 4. The van der Waals surface area contributed by atoms with Gasteiger partial charge in [-0.1, -0.05) is 0 Å². The van der Waals surface area contributed by atoms with Crippen molar-refractivity contribution in [1.29, 1.82) is 0 Å². The van der Waals surface area contributed by atoms with Crippen molar-refractivity contribution in [2.45, 2.75) is 33.1 Å². The number of aromatic nitrogens is 2. The number of amides is 1. The van der Waals surface area contributed by atoms with E-state index in [4.69, 9.17) is 4.74 Å². The first-order valence-electron chi connectivity index (χ1n) is 6.82. The molecular weight excluding hydrogens is 242 g/mol. The van der Waals surface area contributed by atoms with Crippen LogP contribution in [-0.2, 0) is 4.74 Å². The molecule has 1 amide bonds. The summed E-state index contributed by atoms with van der Waals surface area (Å²) in [6.07, 6.45) is 4.78. The molecule has 1 aromatic heterocycles. The number of hydrogen-bond donors (Lipinski definition) is 1. The van der Waals surface area contributed by atoms with Crippen LogP contribution in [0.15, 0.2) is 6.33 Å². The van der Waals surface area contributed by atoms with Crippen molar-refractivity contribution in [2.24, 2.45) is 5.92 Å². The summed E-state index contributed by atoms with van der Waals surface area (Å²) in [4.78, 5) is 20.2. The molecule has 1 aromatic rings. The number of ether oxygens (including phenoxy) is 1. The monoisotopic (exact) mass is 263 g/mol. The van der Waals surface area contributed by atoms with E-state index in [0.29, 0.717) is 18.0 Å². The molecule has 0 radical (unpaired) electrons. The SMILES string of the molecule is Cc1ncnc(C)c1C(=O)NCCC1CCCOC1. The van der Waals surface area contributed by atoms with Crippen LogP contribution in [0.25, 0.3) is 0 Å². The molecule has 1 fully saturated rings. The lowest BCUT2D eigenvalue weighted by molar-refractivity contribution is 0.0514. The minimum absolute atomic E-state index is 0.0765. The molecule has 5 nitrogen and oxygen atoms in total. The van der Waals surface area contributed by atoms with Crippen LogP contribution in [0, 0.1) is 19.8 Å². The molecule has 1 atom stereocenters. The van der Waals surface area contributed by atoms with Crippen molar-refractivity contribution >= 4 is 5.91 Å². The number of carbonyl (C=O) groups is 1. The third-order valence-corrected chi connectivity index (χ3v) is 3.55. The maximum absolute atomic E-state index is 12.1. The molecular formula is C14H21N3O2. The topological polar surface area (TPSA) is 64.1 Å². The number of carbonyl (C=O) groups excluding carboxylic acids is 1. The Kier molecular flexibility index (Phi) is 4.85. The van der Waals surface area contributed by atoms with Crippen LogP contribution in [0.3, 0.4) is 0 Å². The van der Waals surface area contributed by atoms with E-state index in [0.717, 1.165) is 37.4 Å². The molecule has 1 unspecified atom stereocenters. The number of aryl methyl sites for hydroxylation is 2. The molecule has 0 spiro atoms. The van der Waals surface area contributed by atoms with E-state index in [-0.39, 0.29) is 5.91 Å². The van der Waals surface area contributed by atoms with Crippen molar-refractivity contribution in [3.63, 3.8) is 0 Å². The molecule has 0 aromatic carbocycles. The van der Waals surface area contributed by atoms with Gasteiger partial charge in [0, 0.05) is 19.8 Å². The highest BCUT2D eigenvalue weighted by molar-refractivity contribution is 5.96. The Morgan fingerprint density at radius 3 is 2.79 bits per heavy atom. The summed E-state index contributed by atoms with van der Waals surface area (Å²) >= 11 is 0. The van der Waals surface area contributed by atoms with Gasteiger partial charge in [-0.3, -0.25) is 4.79 Å². The molecule has 2 rings (SSSR count). The largest absolute Gasteiger partial charge is 0.381 e. The lowest BCUT2D eigenvalue weighted by atomic mass is 9.99. The molecule has 1 N–H and O–H groups in total. The van der Waals surface area contributed by atoms with Gasteiger partial charge < -0.3 is 10.1 Å². The zero-order valence-electron chi connectivity index (χ0n) is 11.6. The molecule has 1 aliphatic heterocycles. The van der Waals surface area contributed by atoms with Gasteiger partial charge in [0.1, 0.15) is 6.33 Å². The highest BCUT2D eigenvalue weighted by atomic mass is 16.5. The van der Waals surface area contributed by atoms with E-state index in [9.17, 15) is 4.79 Å². The highest BCUT2D eigenvalue weighted by Gasteiger charge is 2.16. The molecule has 0 bridgehead atoms. The van der Waals surface area contributed by atoms with Crippen LogP contribution in [-0.4, -0.2) is 35.6 Å². The van der Waals surface area contributed by atoms with Crippen molar-refractivity contribution in [3.05, 3.63) is 23.3 Å². The Labute approximate surface area is 113 Å². The first-order valence-corrected chi connectivity index (χ1v) is 6.82. The second-order valence-electron chi connectivity index (χ2n) is 5.05. The van der Waals surface area contributed by atoms with Crippen LogP contribution in [0.2, 0.25) is 0 Å². The number of nitrogens with one attached hydrogen (secondary N) is 1. The fourth-order valence-electron chi connectivity index (χ4n) is 2.43. The average molecular weight is 263 g/mol. The predicted molar refractivity (Wildman–Crippen MR) is 72.0 cm³/mol. The second-order valence-corrected chi connectivity index (χ2v) is 5.05. The standard InChI is InChI=1S/C14H21N3O2/c1-10-13(11(2)17-9-16-10)14(18)15-6-5-12-4-3-7-19-8-12/h9,12H,3-8H2,1-2H3,(H,15,18). The maximum atomic E-state index is 12.1. The normalized spacial score (nSPS) is 19.2. The second kappa shape index (κ2) is 6.61. The van der Waals surface area contributed by atoms with Crippen LogP contribution >= 0.6 is 0 Å². The summed E-state index contributed by atoms with van der Waals surface area (Å²) in [5.74, 6) is 0.496. The molecule has 1 saturated heterocycles. The number of rotatable bonds is 4. The van der Waals surface area contributed by atoms with Gasteiger partial charge >= 0.3 is 0 Å². The molecule has 0 saturated carbocycles. The van der Waals surface area contributed by atoms with E-state index in [2.05, 4.69) is 15.3 Å². The fraction of sp³-hybridized carbons (Fsp3) is 0.643. The van der Waals surface area contributed by atoms with Gasteiger partial charge in [-0.05, 0) is 39.0 Å². The molecule has 104 valence electrons. The van der Waals surface area contributed by atoms with Crippen molar-refractivity contribution in [3.8, 4) is 0 Å². The first-order chi connectivity index (χ1) is 9.18. The summed E-state index contributed by atoms with van der Waals surface area (Å²) in [5, 5.41) is 2.95. The van der Waals surface area contributed by atoms with Crippen molar-refractivity contribution in [1.82, 2.24) is 15.3 Å². The summed E-state index contributed by atoms with van der Waals surface area (Å²) in [6.45, 7) is 6.04. The third kappa shape index (κ3) is 3.73. The van der Waals surface area contributed by atoms with E-state index in [1.807, 2.05) is 13.8 Å². The zero-order valence-corrected chi connectivity index (χ0v) is 11.6. The Morgan fingerprint density at radius 2 is 2.16 bits per heavy atom. The summed E-state index contributed by atoms with van der Waals surface area (Å²) in [6, 6.07) is 0. The Morgan fingerprint density at radius 1 is 1.42 bits per heavy atom. The average Bonchev–Trinajstić information content (AvgIpc) is 2.40. The summed E-state index contributed by atoms with van der Waals surface area (Å²) in [5.41, 5.74) is 2.05. The van der Waals surface area contributed by atoms with Crippen molar-refractivity contribution in [2.75, 3.05) is 19.8 Å². The Hall–Kier alpha value is -1.49. The lowest BCUT2D eigenvalue weighted by Gasteiger charge is -2.22. The van der Waals surface area contributed by atoms with Gasteiger partial charge in [0.2, 0.25) is 0 Å². The van der Waals surface area contributed by atoms with Gasteiger partial charge in [0.15, 0.2) is 0 Å². The summed E-state index contributed by atoms with van der Waals surface area (Å²) < 4.78 is 5.43. The first kappa shape index (κ1) is 13.9. The van der Waals surface area contributed by atoms with Crippen LogP contribution < -0.4 is 5.32 Å². The van der Waals surface area contributed by atoms with Gasteiger partial charge in [0.05, 0.1) is 17.0 Å². The molecule has 2 heterocycles. The Balaban J connectivity index is 1.84. The zero-order chi connectivity index (χ0) is 13.7. The van der Waals surface area contributed by atoms with Gasteiger partial charge in [0.25, 0.3) is 5.91 Å². The van der Waals surface area contributed by atoms with E-state index >= 15 is 0 Å². The predicted octanol–water partition coefficient (Wildman–Crippen LogP) is 1.64. The van der Waals surface area contributed by atoms with E-state index in [1.54, 1.807) is 0 Å². The van der Waals surface area contributed by atoms with E-state index < -0.39 is 0 Å². The van der Waals surface area contributed by atoms with Crippen LogP contribution in [0.1, 0.15) is 41.0 Å². The Bertz CT molecular complexity index is 422. The van der Waals surface area contributed by atoms with Crippen molar-refractivity contribution < 1.29 is 9.53 Å². The molecule has 19 heavy (non-hydrogen) atoms. The number of nitrogens with zero attached hydrogens (tertiary/aromatic N) is 2. The smallest absolute Gasteiger partial charge is 0.254 e.